The van der Waals surface area contributed by atoms with Crippen molar-refractivity contribution in [2.75, 3.05) is 12.4 Å². The van der Waals surface area contributed by atoms with Crippen LogP contribution in [0.4, 0.5) is 11.4 Å². The first-order valence-corrected chi connectivity index (χ1v) is 9.07. The molecule has 164 valence electrons. The van der Waals surface area contributed by atoms with Crippen molar-refractivity contribution in [3.63, 3.8) is 0 Å². The van der Waals surface area contributed by atoms with Crippen molar-refractivity contribution in [2.24, 2.45) is 14.1 Å². The maximum atomic E-state index is 12.7. The van der Waals surface area contributed by atoms with E-state index in [9.17, 15) is 19.7 Å². The van der Waals surface area contributed by atoms with Crippen molar-refractivity contribution < 1.29 is 19.2 Å². The Labute approximate surface area is 175 Å². The average Bonchev–Trinajstić information content (AvgIpc) is 3.44. The summed E-state index contributed by atoms with van der Waals surface area (Å²) >= 11 is 0. The number of nitrogens with zero attached hydrogens (tertiary/aromatic N) is 7. The van der Waals surface area contributed by atoms with Gasteiger partial charge in [0.25, 0.3) is 5.91 Å². The second-order valence-electron chi connectivity index (χ2n) is 6.66. The molecule has 0 bridgehead atoms. The summed E-state index contributed by atoms with van der Waals surface area (Å²) in [7, 11) is 4.58. The largest absolute Gasteiger partial charge is 0.475 e. The second-order valence-corrected chi connectivity index (χ2v) is 6.66. The van der Waals surface area contributed by atoms with E-state index >= 15 is 0 Å². The van der Waals surface area contributed by atoms with Gasteiger partial charge in [0, 0.05) is 32.4 Å². The van der Waals surface area contributed by atoms with Gasteiger partial charge in [0.05, 0.1) is 30.1 Å². The van der Waals surface area contributed by atoms with Crippen LogP contribution in [0.2, 0.25) is 0 Å². The molecule has 0 saturated heterocycles. The smallest absolute Gasteiger partial charge is 0.350 e. The lowest BCUT2D eigenvalue weighted by atomic mass is 10.2. The fourth-order valence-electron chi connectivity index (χ4n) is 2.82. The molecule has 2 N–H and O–H groups in total. The van der Waals surface area contributed by atoms with Crippen molar-refractivity contribution in [1.82, 2.24) is 34.7 Å². The Balaban J connectivity index is 1.73. The Morgan fingerprint density at radius 2 is 2.00 bits per heavy atom. The van der Waals surface area contributed by atoms with E-state index in [0.717, 1.165) is 16.4 Å². The number of anilines is 1. The third-order valence-electron chi connectivity index (χ3n) is 4.47. The van der Waals surface area contributed by atoms with Gasteiger partial charge in [0.2, 0.25) is 5.91 Å². The molecule has 0 aromatic carbocycles. The molecule has 1 unspecified atom stereocenters. The summed E-state index contributed by atoms with van der Waals surface area (Å²) < 4.78 is 8.94. The number of aromatic nitrogens is 6. The van der Waals surface area contributed by atoms with Crippen LogP contribution in [0, 0.1) is 10.1 Å². The fraction of sp³-hybridized carbons (Fsp3) is 0.353. The van der Waals surface area contributed by atoms with E-state index < -0.39 is 22.8 Å². The number of methoxy groups -OCH3 is 1. The number of ether oxygens (including phenoxy) is 1. The van der Waals surface area contributed by atoms with Gasteiger partial charge < -0.3 is 15.4 Å². The van der Waals surface area contributed by atoms with Crippen LogP contribution in [0.15, 0.2) is 24.8 Å². The highest BCUT2D eigenvalue weighted by Crippen LogP contribution is 2.26. The van der Waals surface area contributed by atoms with Gasteiger partial charge in [0.15, 0.2) is 0 Å². The lowest BCUT2D eigenvalue weighted by Crippen LogP contribution is -2.28. The summed E-state index contributed by atoms with van der Waals surface area (Å²) in [6, 6.07) is -0.922. The highest BCUT2D eigenvalue weighted by atomic mass is 16.6. The molecule has 0 saturated carbocycles. The molecule has 14 nitrogen and oxygen atoms in total. The van der Waals surface area contributed by atoms with Crippen LogP contribution in [-0.2, 0) is 25.4 Å². The van der Waals surface area contributed by atoms with E-state index in [2.05, 4.69) is 25.9 Å². The van der Waals surface area contributed by atoms with Crippen molar-refractivity contribution >= 4 is 23.2 Å². The SMILES string of the molecule is COc1nn(C(C)C(=O)Nc2cnn(C)c2C(=O)NCc2cnn(C)c2)cc1[N+](=O)[O-]. The summed E-state index contributed by atoms with van der Waals surface area (Å²) in [6.07, 6.45) is 5.85. The van der Waals surface area contributed by atoms with Crippen molar-refractivity contribution in [1.29, 1.82) is 0 Å². The summed E-state index contributed by atoms with van der Waals surface area (Å²) in [4.78, 5) is 35.8. The molecule has 31 heavy (non-hydrogen) atoms. The minimum atomic E-state index is -0.922. The molecule has 3 aromatic rings. The molecule has 3 heterocycles. The maximum Gasteiger partial charge on any atom is 0.350 e. The van der Waals surface area contributed by atoms with Crippen LogP contribution >= 0.6 is 0 Å². The third-order valence-corrected chi connectivity index (χ3v) is 4.47. The van der Waals surface area contributed by atoms with Crippen molar-refractivity contribution in [3.8, 4) is 5.88 Å². The van der Waals surface area contributed by atoms with Crippen molar-refractivity contribution in [2.45, 2.75) is 19.5 Å². The van der Waals surface area contributed by atoms with Gasteiger partial charge in [-0.1, -0.05) is 0 Å². The number of amides is 2. The molecule has 2 amide bonds. The number of rotatable bonds is 8. The quantitative estimate of drug-likeness (QED) is 0.382. The number of carbonyl (C=O) groups is 2. The third kappa shape index (κ3) is 4.52. The lowest BCUT2D eigenvalue weighted by Gasteiger charge is -2.13. The first-order chi connectivity index (χ1) is 14.7. The van der Waals surface area contributed by atoms with Crippen molar-refractivity contribution in [3.05, 3.63) is 46.2 Å². The molecule has 14 heteroatoms. The van der Waals surface area contributed by atoms with E-state index in [1.165, 1.54) is 24.9 Å². The predicted octanol–water partition coefficient (Wildman–Crippen LogP) is 0.397. The summed E-state index contributed by atoms with van der Waals surface area (Å²) in [5, 5.41) is 28.4. The first-order valence-electron chi connectivity index (χ1n) is 9.07. The number of carbonyl (C=O) groups excluding carboxylic acids is 2. The van der Waals surface area contributed by atoms with Crippen LogP contribution in [0.25, 0.3) is 0 Å². The zero-order valence-corrected chi connectivity index (χ0v) is 17.3. The number of hydrogen-bond donors (Lipinski definition) is 2. The number of hydrogen-bond acceptors (Lipinski definition) is 8. The van der Waals surface area contributed by atoms with Crippen LogP contribution in [0.1, 0.15) is 29.0 Å². The molecule has 0 aliphatic heterocycles. The van der Waals surface area contributed by atoms with E-state index in [0.29, 0.717) is 0 Å². The molecular weight excluding hydrogens is 410 g/mol. The minimum absolute atomic E-state index is 0.147. The molecule has 3 aromatic heterocycles. The number of nitrogens with one attached hydrogen (secondary N) is 2. The molecular formula is C17H21N9O5. The molecule has 0 radical (unpaired) electrons. The van der Waals surface area contributed by atoms with Gasteiger partial charge in [0.1, 0.15) is 17.9 Å². The van der Waals surface area contributed by atoms with Gasteiger partial charge in [-0.25, -0.2) is 4.68 Å². The normalized spacial score (nSPS) is 11.7. The summed E-state index contributed by atoms with van der Waals surface area (Å²) in [5.74, 6) is -1.20. The van der Waals surface area contributed by atoms with Gasteiger partial charge >= 0.3 is 11.6 Å². The molecule has 0 spiro atoms. The molecule has 1 atom stereocenters. The predicted molar refractivity (Wildman–Crippen MR) is 106 cm³/mol. The second kappa shape index (κ2) is 8.64. The van der Waals surface area contributed by atoms with Gasteiger partial charge in [-0.05, 0) is 6.92 Å². The van der Waals surface area contributed by atoms with Gasteiger partial charge in [-0.15, -0.1) is 5.10 Å². The molecule has 0 fully saturated rings. The molecule has 0 aliphatic rings. The maximum absolute atomic E-state index is 12.7. The minimum Gasteiger partial charge on any atom is -0.475 e. The highest BCUT2D eigenvalue weighted by molar-refractivity contribution is 6.03. The zero-order valence-electron chi connectivity index (χ0n) is 17.3. The Kier molecular flexibility index (Phi) is 5.99. The van der Waals surface area contributed by atoms with Crippen LogP contribution in [0.5, 0.6) is 5.88 Å². The Morgan fingerprint density at radius 3 is 2.58 bits per heavy atom. The zero-order chi connectivity index (χ0) is 22.7. The topological polar surface area (TPSA) is 164 Å². The molecule has 0 aliphatic carbocycles. The van der Waals surface area contributed by atoms with Crippen LogP contribution in [-0.4, -0.2) is 53.2 Å². The van der Waals surface area contributed by atoms with Crippen LogP contribution < -0.4 is 15.4 Å². The Morgan fingerprint density at radius 1 is 1.26 bits per heavy atom. The van der Waals surface area contributed by atoms with Gasteiger partial charge in [-0.2, -0.15) is 10.2 Å². The lowest BCUT2D eigenvalue weighted by molar-refractivity contribution is -0.385. The monoisotopic (exact) mass is 431 g/mol. The number of nitro groups is 1. The highest BCUT2D eigenvalue weighted by Gasteiger charge is 2.27. The first kappa shape index (κ1) is 21.5. The summed E-state index contributed by atoms with van der Waals surface area (Å²) in [5.41, 5.74) is 0.788. The van der Waals surface area contributed by atoms with E-state index in [-0.39, 0.29) is 29.5 Å². The number of aryl methyl sites for hydroxylation is 2. The van der Waals surface area contributed by atoms with Gasteiger partial charge in [-0.3, -0.25) is 29.1 Å². The molecule has 3 rings (SSSR count). The summed E-state index contributed by atoms with van der Waals surface area (Å²) in [6.45, 7) is 1.75. The van der Waals surface area contributed by atoms with E-state index in [1.54, 1.807) is 31.2 Å². The Hall–Kier alpha value is -4.23. The standard InChI is InChI=1S/C17H21N9O5/c1-10(25-9-13(26(29)30)17(22-25)31-4)15(27)21-12-7-20-24(3)14(12)16(28)18-5-11-6-19-23(2)8-11/h6-10H,5H2,1-4H3,(H,18,28)(H,21,27). The average molecular weight is 431 g/mol. The Bertz CT molecular complexity index is 1130. The fourth-order valence-corrected chi connectivity index (χ4v) is 2.82. The van der Waals surface area contributed by atoms with Crippen LogP contribution in [0.3, 0.4) is 0 Å². The van der Waals surface area contributed by atoms with E-state index in [1.807, 2.05) is 0 Å². The van der Waals surface area contributed by atoms with E-state index in [4.69, 9.17) is 4.74 Å².